The van der Waals surface area contributed by atoms with Crippen LogP contribution < -0.4 is 29.1 Å². The second kappa shape index (κ2) is 25.0. The van der Waals surface area contributed by atoms with Gasteiger partial charge in [0.15, 0.2) is 0 Å². The Hall–Kier alpha value is -8.03. The van der Waals surface area contributed by atoms with Crippen LogP contribution in [0.5, 0.6) is 12.0 Å². The molecule has 6 aliphatic rings. The summed E-state index contributed by atoms with van der Waals surface area (Å²) in [6, 6.07) is 28.1. The van der Waals surface area contributed by atoms with E-state index in [0.717, 1.165) is 82.8 Å². The Bertz CT molecular complexity index is 3580. The molecule has 6 aromatic rings. The molecule has 434 valence electrons. The maximum atomic E-state index is 12.9. The number of piperazine rings is 2. The fourth-order valence-corrected chi connectivity index (χ4v) is 13.1. The third-order valence-electron chi connectivity index (χ3n) is 17.3. The van der Waals surface area contributed by atoms with Gasteiger partial charge in [0, 0.05) is 104 Å². The number of benzene rings is 4. The lowest BCUT2D eigenvalue weighted by atomic mass is 9.98. The second-order valence-corrected chi connectivity index (χ2v) is 23.2. The average molecular weight is 1150 g/mol. The topological polar surface area (TPSA) is 190 Å². The monoisotopic (exact) mass is 1150 g/mol. The van der Waals surface area contributed by atoms with E-state index in [9.17, 15) is 20.1 Å². The Labute approximate surface area is 495 Å². The highest BCUT2D eigenvalue weighted by atomic mass is 35.5. The summed E-state index contributed by atoms with van der Waals surface area (Å²) in [6.07, 6.45) is 9.30. The molecule has 2 amide bonds. The van der Waals surface area contributed by atoms with Crippen LogP contribution >= 0.6 is 11.6 Å². The molecule has 84 heavy (non-hydrogen) atoms. The highest BCUT2D eigenvalue weighted by Gasteiger charge is 2.41. The van der Waals surface area contributed by atoms with E-state index in [2.05, 4.69) is 106 Å². The van der Waals surface area contributed by atoms with Gasteiger partial charge in [0.05, 0.1) is 105 Å². The van der Waals surface area contributed by atoms with Gasteiger partial charge in [0.2, 0.25) is 11.8 Å². The molecule has 2 unspecified atom stereocenters. The van der Waals surface area contributed by atoms with Crippen molar-refractivity contribution in [1.82, 2.24) is 29.7 Å². The van der Waals surface area contributed by atoms with Crippen molar-refractivity contribution in [1.29, 1.82) is 10.5 Å². The van der Waals surface area contributed by atoms with E-state index in [1.54, 1.807) is 9.80 Å². The summed E-state index contributed by atoms with van der Waals surface area (Å²) in [4.78, 5) is 58.7. The normalized spacial score (nSPS) is 20.2. The van der Waals surface area contributed by atoms with Crippen LogP contribution in [-0.4, -0.2) is 145 Å². The maximum absolute atomic E-state index is 12.9. The SMILES string of the molecule is C=CC(=O)N1CCN(c2nc(OCCCOC3CC3c3cc(N4CCc5c(nc(OCCCOC6CC6)nc5N5CCN(C(=O)C=C)[C@@H](CC#N)C5)C4)c4c(Cl)cccc4c3)nc3c2CCN(c2cccc4cccc(C)c24)C3)C[C@@H]1CC#N. The number of hydrogen-bond acceptors (Lipinski definition) is 16. The molecule has 2 saturated carbocycles. The number of hydrogen-bond donors (Lipinski definition) is 0. The Kier molecular flexibility index (Phi) is 16.8. The van der Waals surface area contributed by atoms with Gasteiger partial charge in [0.1, 0.15) is 11.6 Å². The first-order chi connectivity index (χ1) is 41.1. The summed E-state index contributed by atoms with van der Waals surface area (Å²) >= 11 is 7.10. The third kappa shape index (κ3) is 12.0. The molecular formula is C65H71ClN12O6. The summed E-state index contributed by atoms with van der Waals surface area (Å²) in [5, 5.41) is 24.7. The molecule has 0 bridgehead atoms. The number of halogens is 1. The number of anilines is 4. The summed E-state index contributed by atoms with van der Waals surface area (Å²) in [7, 11) is 0. The largest absolute Gasteiger partial charge is 0.463 e. The van der Waals surface area contributed by atoms with E-state index in [4.69, 9.17) is 50.5 Å². The number of nitriles is 2. The molecule has 6 heterocycles. The molecule has 4 fully saturated rings. The number of amides is 2. The van der Waals surface area contributed by atoms with Gasteiger partial charge < -0.3 is 48.3 Å². The third-order valence-corrected chi connectivity index (χ3v) is 17.6. The number of carbonyl (C=O) groups excluding carboxylic acids is 2. The fraction of sp³-hybridized carbons (Fsp3) is 0.446. The maximum Gasteiger partial charge on any atom is 0.318 e. The Balaban J connectivity index is 0.738. The van der Waals surface area contributed by atoms with Crippen LogP contribution in [0.25, 0.3) is 21.5 Å². The molecule has 18 nitrogen and oxygen atoms in total. The van der Waals surface area contributed by atoms with Crippen molar-refractivity contribution in [3.8, 4) is 24.2 Å². The predicted octanol–water partition coefficient (Wildman–Crippen LogP) is 9.18. The first-order valence-electron chi connectivity index (χ1n) is 29.7. The minimum Gasteiger partial charge on any atom is -0.463 e. The fourth-order valence-electron chi connectivity index (χ4n) is 12.8. The number of ether oxygens (including phenoxy) is 4. The number of fused-ring (bicyclic) bond motifs is 4. The van der Waals surface area contributed by atoms with Crippen LogP contribution in [0.1, 0.15) is 84.5 Å². The highest BCUT2D eigenvalue weighted by molar-refractivity contribution is 6.36. The van der Waals surface area contributed by atoms with Crippen LogP contribution in [0.3, 0.4) is 0 Å². The highest BCUT2D eigenvalue weighted by Crippen LogP contribution is 2.48. The zero-order chi connectivity index (χ0) is 57.8. The van der Waals surface area contributed by atoms with Crippen molar-refractivity contribution >= 4 is 68.0 Å². The Morgan fingerprint density at radius 1 is 0.655 bits per heavy atom. The van der Waals surface area contributed by atoms with Crippen molar-refractivity contribution in [3.05, 3.63) is 131 Å². The standard InChI is InChI=1S/C65H71ClN12O6/c1-4-58(79)77-29-27-75(38-46(77)19-23-67)62-49-21-25-73(55-16-8-13-43-12-6-11-42(3)60(43)55)40-53(49)69-64(71-62)84-34-10-32-82-57-37-51(57)45-35-44-14-7-15-52(66)61(44)56(36-45)74-26-22-50-54(41-74)70-65(83-33-9-31-81-48-17-18-48)72-63(50)76-28-30-78(59(80)5-2)47(39-76)20-24-68/h4-8,11-16,35-36,46-48,51,57H,1-2,9-10,17-22,25-34,37-41H2,3H3/t46-,47-,51?,57?/m0/s1. The molecule has 4 aromatic carbocycles. The smallest absolute Gasteiger partial charge is 0.318 e. The number of aryl methyl sites for hydroxylation is 1. The molecule has 2 aliphatic carbocycles. The van der Waals surface area contributed by atoms with Crippen molar-refractivity contribution in [3.63, 3.8) is 0 Å². The molecule has 4 aliphatic heterocycles. The van der Waals surface area contributed by atoms with Gasteiger partial charge in [0.25, 0.3) is 0 Å². The number of aromatic nitrogens is 4. The van der Waals surface area contributed by atoms with Crippen LogP contribution in [0.15, 0.2) is 92.0 Å². The molecule has 12 rings (SSSR count). The van der Waals surface area contributed by atoms with Gasteiger partial charge in [-0.3, -0.25) is 9.59 Å². The van der Waals surface area contributed by atoms with Gasteiger partial charge in [-0.1, -0.05) is 73.3 Å². The molecule has 4 atom stereocenters. The van der Waals surface area contributed by atoms with Gasteiger partial charge in [-0.15, -0.1) is 0 Å². The number of rotatable bonds is 21. The van der Waals surface area contributed by atoms with Crippen LogP contribution in [-0.2, 0) is 45.0 Å². The molecule has 2 saturated heterocycles. The Morgan fingerprint density at radius 3 is 1.80 bits per heavy atom. The van der Waals surface area contributed by atoms with E-state index in [1.165, 1.54) is 39.7 Å². The minimum absolute atomic E-state index is 0.0385. The quantitative estimate of drug-likeness (QED) is 0.0489. The molecule has 19 heteroatoms. The molecule has 0 N–H and O–H groups in total. The predicted molar refractivity (Wildman–Crippen MR) is 324 cm³/mol. The molecule has 2 aromatic heterocycles. The van der Waals surface area contributed by atoms with E-state index in [1.807, 2.05) is 12.1 Å². The van der Waals surface area contributed by atoms with Crippen molar-refractivity contribution in [2.24, 2.45) is 0 Å². The first-order valence-corrected chi connectivity index (χ1v) is 30.1. The number of nitrogens with zero attached hydrogens (tertiary/aromatic N) is 12. The van der Waals surface area contributed by atoms with Crippen molar-refractivity contribution in [2.75, 3.05) is 98.4 Å². The van der Waals surface area contributed by atoms with Gasteiger partial charge in [-0.05, 0) is 91.3 Å². The van der Waals surface area contributed by atoms with Crippen LogP contribution in [0, 0.1) is 29.6 Å². The van der Waals surface area contributed by atoms with Gasteiger partial charge in [-0.25, -0.2) is 0 Å². The van der Waals surface area contributed by atoms with E-state index >= 15 is 0 Å². The minimum atomic E-state index is -0.312. The zero-order valence-corrected chi connectivity index (χ0v) is 48.5. The molecule has 0 radical (unpaired) electrons. The molecule has 0 spiro atoms. The van der Waals surface area contributed by atoms with Gasteiger partial charge >= 0.3 is 12.0 Å². The summed E-state index contributed by atoms with van der Waals surface area (Å²) in [6.45, 7) is 16.9. The summed E-state index contributed by atoms with van der Waals surface area (Å²) in [5.74, 6) is 1.44. The average Bonchev–Trinajstić information content (AvgIpc) is 2.88. The van der Waals surface area contributed by atoms with E-state index in [0.29, 0.717) is 128 Å². The number of carbonyl (C=O) groups is 2. The first kappa shape index (κ1) is 56.5. The lowest BCUT2D eigenvalue weighted by molar-refractivity contribution is -0.129. The zero-order valence-electron chi connectivity index (χ0n) is 47.8. The second-order valence-electron chi connectivity index (χ2n) is 22.8. The lowest BCUT2D eigenvalue weighted by Crippen LogP contribution is -2.55. The molecular weight excluding hydrogens is 1080 g/mol. The summed E-state index contributed by atoms with van der Waals surface area (Å²) < 4.78 is 25.2. The lowest BCUT2D eigenvalue weighted by Gasteiger charge is -2.42. The van der Waals surface area contributed by atoms with E-state index in [-0.39, 0.29) is 48.8 Å². The van der Waals surface area contributed by atoms with Crippen molar-refractivity contribution in [2.45, 2.75) is 108 Å². The van der Waals surface area contributed by atoms with Crippen LogP contribution in [0.2, 0.25) is 5.02 Å². The Morgan fingerprint density at radius 2 is 1.21 bits per heavy atom. The van der Waals surface area contributed by atoms with Crippen LogP contribution in [0.4, 0.5) is 23.0 Å². The van der Waals surface area contributed by atoms with E-state index < -0.39 is 0 Å². The van der Waals surface area contributed by atoms with Crippen molar-refractivity contribution < 1.29 is 28.5 Å². The summed E-state index contributed by atoms with van der Waals surface area (Å²) in [5.41, 5.74) is 8.52. The van der Waals surface area contributed by atoms with Gasteiger partial charge in [-0.2, -0.15) is 30.5 Å².